The maximum atomic E-state index is 11.9. The van der Waals surface area contributed by atoms with Crippen LogP contribution in [0.1, 0.15) is 47.7 Å². The molecule has 0 saturated carbocycles. The van der Waals surface area contributed by atoms with Crippen LogP contribution in [0.2, 0.25) is 0 Å². The Kier molecular flexibility index (Phi) is 6.25. The third kappa shape index (κ3) is 5.48. The van der Waals surface area contributed by atoms with Crippen molar-refractivity contribution in [2.45, 2.75) is 38.3 Å². The van der Waals surface area contributed by atoms with Crippen LogP contribution in [0.4, 0.5) is 0 Å². The first-order chi connectivity index (χ1) is 9.81. The molecule has 0 aromatic carbocycles. The highest BCUT2D eigenvalue weighted by Gasteiger charge is 2.22. The van der Waals surface area contributed by atoms with Gasteiger partial charge in [-0.1, -0.05) is 0 Å². The van der Waals surface area contributed by atoms with Crippen molar-refractivity contribution in [2.24, 2.45) is 5.73 Å². The van der Waals surface area contributed by atoms with Gasteiger partial charge in [-0.3, -0.25) is 9.59 Å². The van der Waals surface area contributed by atoms with Gasteiger partial charge in [0.2, 0.25) is 0 Å². The molecule has 2 atom stereocenters. The van der Waals surface area contributed by atoms with E-state index in [4.69, 9.17) is 15.9 Å². The molecular formula is C12H17N3O5S. The summed E-state index contributed by atoms with van der Waals surface area (Å²) < 4.78 is 0. The number of nitrogens with one attached hydrogen (secondary N) is 1. The van der Waals surface area contributed by atoms with Crippen LogP contribution in [-0.2, 0) is 9.59 Å². The highest BCUT2D eigenvalue weighted by atomic mass is 32.1. The second-order valence-corrected chi connectivity index (χ2v) is 5.40. The number of carboxylic acids is 2. The van der Waals surface area contributed by atoms with Crippen LogP contribution < -0.4 is 11.1 Å². The van der Waals surface area contributed by atoms with Crippen molar-refractivity contribution in [3.05, 3.63) is 16.1 Å². The lowest BCUT2D eigenvalue weighted by Gasteiger charge is -2.13. The molecule has 1 aromatic rings. The fourth-order valence-corrected chi connectivity index (χ4v) is 2.31. The van der Waals surface area contributed by atoms with E-state index in [1.54, 1.807) is 6.92 Å². The highest BCUT2D eigenvalue weighted by molar-refractivity contribution is 7.09. The van der Waals surface area contributed by atoms with Gasteiger partial charge in [-0.05, 0) is 19.8 Å². The van der Waals surface area contributed by atoms with Gasteiger partial charge >= 0.3 is 11.9 Å². The molecule has 0 aliphatic rings. The molecule has 5 N–H and O–H groups in total. The molecule has 1 rings (SSSR count). The van der Waals surface area contributed by atoms with Crippen molar-refractivity contribution in [1.29, 1.82) is 0 Å². The smallest absolute Gasteiger partial charge is 0.326 e. The van der Waals surface area contributed by atoms with Crippen LogP contribution >= 0.6 is 11.3 Å². The number of rotatable bonds is 8. The Bertz CT molecular complexity index is 529. The number of hydrogen-bond donors (Lipinski definition) is 4. The third-order valence-corrected chi connectivity index (χ3v) is 3.68. The van der Waals surface area contributed by atoms with Crippen molar-refractivity contribution in [3.63, 3.8) is 0 Å². The summed E-state index contributed by atoms with van der Waals surface area (Å²) in [5, 5.41) is 22.0. The fourth-order valence-electron chi connectivity index (χ4n) is 1.55. The Labute approximate surface area is 125 Å². The number of thiazole rings is 1. The molecule has 8 nitrogen and oxygen atoms in total. The lowest BCUT2D eigenvalue weighted by molar-refractivity contribution is -0.140. The van der Waals surface area contributed by atoms with Gasteiger partial charge in [0.15, 0.2) is 0 Å². The maximum Gasteiger partial charge on any atom is 0.326 e. The van der Waals surface area contributed by atoms with E-state index in [9.17, 15) is 14.4 Å². The molecule has 1 amide bonds. The van der Waals surface area contributed by atoms with Gasteiger partial charge in [-0.2, -0.15) is 0 Å². The molecule has 0 aliphatic carbocycles. The van der Waals surface area contributed by atoms with Crippen LogP contribution in [0.3, 0.4) is 0 Å². The summed E-state index contributed by atoms with van der Waals surface area (Å²) in [7, 11) is 0. The zero-order valence-corrected chi connectivity index (χ0v) is 12.2. The first-order valence-corrected chi connectivity index (χ1v) is 7.15. The topological polar surface area (TPSA) is 143 Å². The van der Waals surface area contributed by atoms with Crippen LogP contribution in [0.15, 0.2) is 5.38 Å². The Balaban J connectivity index is 2.62. The van der Waals surface area contributed by atoms with Gasteiger partial charge < -0.3 is 21.3 Å². The second kappa shape index (κ2) is 7.70. The average molecular weight is 315 g/mol. The Morgan fingerprint density at radius 1 is 1.43 bits per heavy atom. The molecule has 0 radical (unpaired) electrons. The summed E-state index contributed by atoms with van der Waals surface area (Å²) in [4.78, 5) is 37.4. The van der Waals surface area contributed by atoms with E-state index in [1.165, 1.54) is 16.7 Å². The predicted octanol–water partition coefficient (Wildman–Crippen LogP) is 0.601. The predicted molar refractivity (Wildman–Crippen MR) is 75.1 cm³/mol. The summed E-state index contributed by atoms with van der Waals surface area (Å²) in [6, 6.07) is -1.44. The minimum atomic E-state index is -1.21. The van der Waals surface area contributed by atoms with E-state index in [0.29, 0.717) is 5.01 Å². The summed E-state index contributed by atoms with van der Waals surface area (Å²) in [6.45, 7) is 1.73. The van der Waals surface area contributed by atoms with Gasteiger partial charge in [0.05, 0.1) is 6.04 Å². The quantitative estimate of drug-likeness (QED) is 0.550. The molecule has 1 heterocycles. The normalized spacial score (nSPS) is 13.4. The zero-order valence-electron chi connectivity index (χ0n) is 11.4. The van der Waals surface area contributed by atoms with Gasteiger partial charge in [0.25, 0.3) is 5.91 Å². The molecule has 0 saturated heterocycles. The molecule has 0 spiro atoms. The lowest BCUT2D eigenvalue weighted by Crippen LogP contribution is -2.41. The van der Waals surface area contributed by atoms with E-state index in [-0.39, 0.29) is 31.0 Å². The molecule has 0 bridgehead atoms. The van der Waals surface area contributed by atoms with Crippen LogP contribution in [-0.4, -0.2) is 39.1 Å². The van der Waals surface area contributed by atoms with Crippen molar-refractivity contribution < 1.29 is 24.6 Å². The number of amides is 1. The van der Waals surface area contributed by atoms with E-state index in [2.05, 4.69) is 10.3 Å². The SMILES string of the molecule is CC(N)c1nc(C(=O)N[C@H](CCCC(=O)O)C(=O)O)cs1. The Morgan fingerprint density at radius 2 is 2.10 bits per heavy atom. The van der Waals surface area contributed by atoms with Crippen LogP contribution in [0.5, 0.6) is 0 Å². The minimum Gasteiger partial charge on any atom is -0.481 e. The van der Waals surface area contributed by atoms with Crippen molar-refractivity contribution in [3.8, 4) is 0 Å². The Hall–Kier alpha value is -2.00. The summed E-state index contributed by atoms with van der Waals surface area (Å²) >= 11 is 1.22. The van der Waals surface area contributed by atoms with Crippen molar-refractivity contribution >= 4 is 29.2 Å². The molecular weight excluding hydrogens is 298 g/mol. The maximum absolute atomic E-state index is 11.9. The number of aromatic nitrogens is 1. The molecule has 1 unspecified atom stereocenters. The second-order valence-electron chi connectivity index (χ2n) is 4.51. The van der Waals surface area contributed by atoms with Gasteiger partial charge in [0.1, 0.15) is 16.7 Å². The van der Waals surface area contributed by atoms with Crippen molar-refractivity contribution in [1.82, 2.24) is 10.3 Å². The van der Waals surface area contributed by atoms with E-state index in [0.717, 1.165) is 0 Å². The van der Waals surface area contributed by atoms with Gasteiger partial charge in [-0.25, -0.2) is 9.78 Å². The van der Waals surface area contributed by atoms with Crippen LogP contribution in [0.25, 0.3) is 0 Å². The number of hydrogen-bond acceptors (Lipinski definition) is 6. The average Bonchev–Trinajstić information content (AvgIpc) is 2.86. The van der Waals surface area contributed by atoms with E-state index >= 15 is 0 Å². The standard InChI is InChI=1S/C12H17N3O5S/c1-6(13)11-15-8(5-21-11)10(18)14-7(12(19)20)3-2-4-9(16)17/h5-7H,2-4,13H2,1H3,(H,14,18)(H,16,17)(H,19,20)/t6?,7-/m1/s1. The molecule has 21 heavy (non-hydrogen) atoms. The number of nitrogens with two attached hydrogens (primary N) is 1. The first kappa shape index (κ1) is 17.1. The molecule has 0 fully saturated rings. The molecule has 116 valence electrons. The zero-order chi connectivity index (χ0) is 16.0. The van der Waals surface area contributed by atoms with E-state index in [1.807, 2.05) is 0 Å². The van der Waals surface area contributed by atoms with E-state index < -0.39 is 23.9 Å². The number of carbonyl (C=O) groups excluding carboxylic acids is 1. The number of carboxylic acid groups (broad SMARTS) is 2. The molecule has 0 aliphatic heterocycles. The first-order valence-electron chi connectivity index (χ1n) is 6.27. The van der Waals surface area contributed by atoms with Gasteiger partial charge in [-0.15, -0.1) is 11.3 Å². The monoisotopic (exact) mass is 315 g/mol. The fraction of sp³-hybridized carbons (Fsp3) is 0.500. The summed E-state index contributed by atoms with van der Waals surface area (Å²) in [5.74, 6) is -2.83. The third-order valence-electron chi connectivity index (χ3n) is 2.63. The molecule has 1 aromatic heterocycles. The summed E-state index contributed by atoms with van der Waals surface area (Å²) in [5.41, 5.74) is 5.75. The number of nitrogens with zero attached hydrogens (tertiary/aromatic N) is 1. The number of aliphatic carboxylic acids is 2. The highest BCUT2D eigenvalue weighted by Crippen LogP contribution is 2.16. The Morgan fingerprint density at radius 3 is 2.57 bits per heavy atom. The largest absolute Gasteiger partial charge is 0.481 e. The summed E-state index contributed by atoms with van der Waals surface area (Å²) in [6.07, 6.45) is 0.0532. The van der Waals surface area contributed by atoms with Gasteiger partial charge in [0, 0.05) is 11.8 Å². The minimum absolute atomic E-state index is 0.0393. The number of carbonyl (C=O) groups is 3. The molecule has 9 heteroatoms. The lowest BCUT2D eigenvalue weighted by atomic mass is 10.1. The van der Waals surface area contributed by atoms with Crippen molar-refractivity contribution in [2.75, 3.05) is 0 Å². The van der Waals surface area contributed by atoms with Crippen LogP contribution in [0, 0.1) is 0 Å².